The van der Waals surface area contributed by atoms with Crippen LogP contribution in [0, 0.1) is 12.8 Å². The zero-order chi connectivity index (χ0) is 14.6. The van der Waals surface area contributed by atoms with Crippen LogP contribution >= 0.6 is 0 Å². The van der Waals surface area contributed by atoms with Crippen LogP contribution in [0.2, 0.25) is 0 Å². The Morgan fingerprint density at radius 1 is 1.53 bits per heavy atom. The molecule has 0 spiro atoms. The number of amides is 2. The third-order valence-electron chi connectivity index (χ3n) is 2.67. The Kier molecular flexibility index (Phi) is 4.91. The second-order valence-corrected chi connectivity index (χ2v) is 4.60. The summed E-state index contributed by atoms with van der Waals surface area (Å²) in [5, 5.41) is 11.5. The number of urea groups is 1. The van der Waals surface area contributed by atoms with E-state index in [1.165, 1.54) is 4.90 Å². The number of aromatic nitrogens is 1. The van der Waals surface area contributed by atoms with Gasteiger partial charge in [-0.1, -0.05) is 6.92 Å². The molecule has 2 N–H and O–H groups in total. The van der Waals surface area contributed by atoms with Crippen molar-refractivity contribution in [3.05, 3.63) is 17.8 Å². The van der Waals surface area contributed by atoms with Crippen LogP contribution in [0.3, 0.4) is 0 Å². The summed E-state index contributed by atoms with van der Waals surface area (Å²) in [5.41, 5.74) is 0. The fourth-order valence-electron chi connectivity index (χ4n) is 1.50. The number of aryl methyl sites for hydroxylation is 1. The summed E-state index contributed by atoms with van der Waals surface area (Å²) in [7, 11) is 1.54. The zero-order valence-corrected chi connectivity index (χ0v) is 11.5. The van der Waals surface area contributed by atoms with E-state index < -0.39 is 11.9 Å². The Hall–Kier alpha value is -2.05. The van der Waals surface area contributed by atoms with Crippen molar-refractivity contribution in [2.24, 2.45) is 5.92 Å². The fraction of sp³-hybridized carbons (Fsp3) is 0.583. The second-order valence-electron chi connectivity index (χ2n) is 4.60. The standard InChI is InChI=1S/C12H19N3O4/c1-7(11(16)17)6-15(4)12(18)14-9(3)10-13-5-8(2)19-10/h5,7,9H,6H2,1-4H3,(H,14,18)(H,16,17). The summed E-state index contributed by atoms with van der Waals surface area (Å²) in [6.07, 6.45) is 1.58. The van der Waals surface area contributed by atoms with Gasteiger partial charge in [-0.05, 0) is 13.8 Å². The average Bonchev–Trinajstić information content (AvgIpc) is 2.75. The van der Waals surface area contributed by atoms with Crippen LogP contribution in [0.1, 0.15) is 31.5 Å². The molecule has 0 fully saturated rings. The Morgan fingerprint density at radius 2 is 2.16 bits per heavy atom. The SMILES string of the molecule is Cc1cnc(C(C)NC(=O)N(C)CC(C)C(=O)O)o1. The minimum atomic E-state index is -0.934. The van der Waals surface area contributed by atoms with Gasteiger partial charge in [0.1, 0.15) is 11.8 Å². The number of oxazole rings is 1. The summed E-state index contributed by atoms with van der Waals surface area (Å²) in [4.78, 5) is 27.9. The number of nitrogens with zero attached hydrogens (tertiary/aromatic N) is 2. The predicted octanol–water partition coefficient (Wildman–Crippen LogP) is 1.41. The first-order chi connectivity index (χ1) is 8.81. The number of hydrogen-bond donors (Lipinski definition) is 2. The van der Waals surface area contributed by atoms with Crippen LogP contribution in [0.5, 0.6) is 0 Å². The first-order valence-corrected chi connectivity index (χ1v) is 5.98. The first kappa shape index (κ1) is 15.0. The van der Waals surface area contributed by atoms with Gasteiger partial charge in [-0.25, -0.2) is 9.78 Å². The van der Waals surface area contributed by atoms with Gasteiger partial charge in [-0.15, -0.1) is 0 Å². The van der Waals surface area contributed by atoms with Crippen molar-refractivity contribution in [1.29, 1.82) is 0 Å². The molecule has 0 aromatic carbocycles. The Morgan fingerprint density at radius 3 is 2.63 bits per heavy atom. The minimum Gasteiger partial charge on any atom is -0.481 e. The van der Waals surface area contributed by atoms with Crippen molar-refractivity contribution in [3.8, 4) is 0 Å². The summed E-state index contributed by atoms with van der Waals surface area (Å²) < 4.78 is 5.31. The van der Waals surface area contributed by atoms with E-state index in [4.69, 9.17) is 9.52 Å². The molecule has 2 unspecified atom stereocenters. The number of carboxylic acid groups (broad SMARTS) is 1. The van der Waals surface area contributed by atoms with Crippen LogP contribution in [-0.2, 0) is 4.79 Å². The molecule has 1 aromatic heterocycles. The van der Waals surface area contributed by atoms with Crippen molar-refractivity contribution in [3.63, 3.8) is 0 Å². The molecule has 7 nitrogen and oxygen atoms in total. The topological polar surface area (TPSA) is 95.7 Å². The largest absolute Gasteiger partial charge is 0.481 e. The summed E-state index contributed by atoms with van der Waals surface area (Å²) >= 11 is 0. The van der Waals surface area contributed by atoms with Gasteiger partial charge in [0.05, 0.1) is 12.1 Å². The predicted molar refractivity (Wildman–Crippen MR) is 67.6 cm³/mol. The van der Waals surface area contributed by atoms with Gasteiger partial charge in [0.25, 0.3) is 0 Å². The number of aliphatic carboxylic acids is 1. The quantitative estimate of drug-likeness (QED) is 0.842. The van der Waals surface area contributed by atoms with E-state index >= 15 is 0 Å². The maximum Gasteiger partial charge on any atom is 0.317 e. The second kappa shape index (κ2) is 6.21. The smallest absolute Gasteiger partial charge is 0.317 e. The molecular formula is C12H19N3O4. The Balaban J connectivity index is 2.52. The highest BCUT2D eigenvalue weighted by Gasteiger charge is 2.20. The molecule has 0 aliphatic carbocycles. The van der Waals surface area contributed by atoms with Gasteiger partial charge >= 0.3 is 12.0 Å². The lowest BCUT2D eigenvalue weighted by Gasteiger charge is -2.21. The van der Waals surface area contributed by atoms with Crippen LogP contribution in [0.4, 0.5) is 4.79 Å². The molecule has 106 valence electrons. The molecule has 0 radical (unpaired) electrons. The number of carboxylic acids is 1. The van der Waals surface area contributed by atoms with Gasteiger partial charge in [0, 0.05) is 13.6 Å². The van der Waals surface area contributed by atoms with Crippen LogP contribution in [0.15, 0.2) is 10.6 Å². The number of rotatable bonds is 5. The van der Waals surface area contributed by atoms with Crippen molar-refractivity contribution >= 4 is 12.0 Å². The van der Waals surface area contributed by atoms with E-state index in [9.17, 15) is 9.59 Å². The van der Waals surface area contributed by atoms with Crippen molar-refractivity contribution in [2.75, 3.05) is 13.6 Å². The molecule has 0 aliphatic heterocycles. The van der Waals surface area contributed by atoms with Crippen LogP contribution in [0.25, 0.3) is 0 Å². The monoisotopic (exact) mass is 269 g/mol. The third-order valence-corrected chi connectivity index (χ3v) is 2.67. The summed E-state index contributed by atoms with van der Waals surface area (Å²) in [6, 6.07) is -0.736. The highest BCUT2D eigenvalue weighted by atomic mass is 16.4. The molecule has 1 aromatic rings. The summed E-state index contributed by atoms with van der Waals surface area (Å²) in [6.45, 7) is 5.20. The lowest BCUT2D eigenvalue weighted by molar-refractivity contribution is -0.141. The average molecular weight is 269 g/mol. The molecule has 0 saturated carbocycles. The van der Waals surface area contributed by atoms with E-state index in [1.807, 2.05) is 0 Å². The molecule has 0 aliphatic rings. The molecule has 0 bridgehead atoms. The van der Waals surface area contributed by atoms with Crippen molar-refractivity contribution in [2.45, 2.75) is 26.8 Å². The first-order valence-electron chi connectivity index (χ1n) is 5.98. The fourth-order valence-corrected chi connectivity index (χ4v) is 1.50. The summed E-state index contributed by atoms with van der Waals surface area (Å²) in [5.74, 6) is -0.458. The van der Waals surface area contributed by atoms with Gasteiger partial charge in [-0.2, -0.15) is 0 Å². The number of hydrogen-bond acceptors (Lipinski definition) is 4. The number of carbonyl (C=O) groups excluding carboxylic acids is 1. The van der Waals surface area contributed by atoms with Crippen molar-refractivity contribution < 1.29 is 19.1 Å². The molecule has 2 atom stereocenters. The van der Waals surface area contributed by atoms with Gasteiger partial charge in [-0.3, -0.25) is 4.79 Å². The maximum atomic E-state index is 11.8. The highest BCUT2D eigenvalue weighted by Crippen LogP contribution is 2.12. The van der Waals surface area contributed by atoms with E-state index in [2.05, 4.69) is 10.3 Å². The van der Waals surface area contributed by atoms with E-state index in [0.29, 0.717) is 11.7 Å². The number of nitrogens with one attached hydrogen (secondary N) is 1. The van der Waals surface area contributed by atoms with Crippen molar-refractivity contribution in [1.82, 2.24) is 15.2 Å². The molecular weight excluding hydrogens is 250 g/mol. The molecule has 1 heterocycles. The molecule has 7 heteroatoms. The maximum absolute atomic E-state index is 11.8. The third kappa shape index (κ3) is 4.27. The van der Waals surface area contributed by atoms with Gasteiger partial charge in [0.2, 0.25) is 5.89 Å². The lowest BCUT2D eigenvalue weighted by atomic mass is 10.2. The normalized spacial score (nSPS) is 13.7. The van der Waals surface area contributed by atoms with E-state index in [-0.39, 0.29) is 18.6 Å². The molecule has 0 saturated heterocycles. The lowest BCUT2D eigenvalue weighted by Crippen LogP contribution is -2.41. The molecule has 2 amide bonds. The van der Waals surface area contributed by atoms with E-state index in [1.54, 1.807) is 34.0 Å². The van der Waals surface area contributed by atoms with Gasteiger partial charge in [0.15, 0.2) is 0 Å². The van der Waals surface area contributed by atoms with Gasteiger partial charge < -0.3 is 19.7 Å². The van der Waals surface area contributed by atoms with Crippen LogP contribution < -0.4 is 5.32 Å². The minimum absolute atomic E-state index is 0.137. The zero-order valence-electron chi connectivity index (χ0n) is 11.5. The highest BCUT2D eigenvalue weighted by molar-refractivity contribution is 5.76. The molecule has 19 heavy (non-hydrogen) atoms. The Labute approximate surface area is 111 Å². The van der Waals surface area contributed by atoms with Crippen LogP contribution in [-0.4, -0.2) is 40.6 Å². The molecule has 1 rings (SSSR count). The van der Waals surface area contributed by atoms with E-state index in [0.717, 1.165) is 0 Å². The Bertz CT molecular complexity index is 458. The number of carbonyl (C=O) groups is 2.